The molecule has 1 rings (SSSR count). The van der Waals surface area contributed by atoms with E-state index in [1.54, 1.807) is 0 Å². The number of hydrogen-bond acceptors (Lipinski definition) is 2. The van der Waals surface area contributed by atoms with Crippen LogP contribution in [0.5, 0.6) is 0 Å². The number of rotatable bonds is 1. The number of hydrogen-bond donors (Lipinski definition) is 1. The normalized spacial score (nSPS) is 10.1. The SMILES string of the molecule is N#Cc1c[nH]c(Br)c(C(F)F)c1=O. The maximum atomic E-state index is 12.2. The second-order valence-electron chi connectivity index (χ2n) is 2.17. The summed E-state index contributed by atoms with van der Waals surface area (Å²) in [4.78, 5) is 13.5. The predicted octanol–water partition coefficient (Wildman–Crippen LogP) is 1.95. The fourth-order valence-corrected chi connectivity index (χ4v) is 1.27. The van der Waals surface area contributed by atoms with E-state index in [1.165, 1.54) is 6.07 Å². The highest BCUT2D eigenvalue weighted by Crippen LogP contribution is 2.22. The Morgan fingerprint density at radius 2 is 2.23 bits per heavy atom. The molecule has 0 aliphatic rings. The van der Waals surface area contributed by atoms with E-state index in [0.717, 1.165) is 6.20 Å². The van der Waals surface area contributed by atoms with E-state index in [1.807, 2.05) is 0 Å². The predicted molar refractivity (Wildman–Crippen MR) is 44.4 cm³/mol. The largest absolute Gasteiger partial charge is 0.354 e. The zero-order valence-electron chi connectivity index (χ0n) is 6.14. The summed E-state index contributed by atoms with van der Waals surface area (Å²) in [6.45, 7) is 0. The number of aromatic amines is 1. The van der Waals surface area contributed by atoms with Gasteiger partial charge in [0.1, 0.15) is 11.6 Å². The molecular weight excluding hydrogens is 246 g/mol. The number of nitrogens with one attached hydrogen (secondary N) is 1. The Balaban J connectivity index is 3.51. The van der Waals surface area contributed by atoms with Crippen molar-refractivity contribution in [1.29, 1.82) is 5.26 Å². The average Bonchev–Trinajstić information content (AvgIpc) is 2.04. The molecule has 0 saturated heterocycles. The first-order valence-electron chi connectivity index (χ1n) is 3.17. The van der Waals surface area contributed by atoms with Crippen LogP contribution >= 0.6 is 15.9 Å². The third-order valence-corrected chi connectivity index (χ3v) is 2.06. The topological polar surface area (TPSA) is 56.6 Å². The van der Waals surface area contributed by atoms with Crippen molar-refractivity contribution in [1.82, 2.24) is 4.98 Å². The molecule has 0 fully saturated rings. The van der Waals surface area contributed by atoms with Gasteiger partial charge < -0.3 is 4.98 Å². The number of alkyl halides is 2. The van der Waals surface area contributed by atoms with E-state index < -0.39 is 17.4 Å². The van der Waals surface area contributed by atoms with Crippen molar-refractivity contribution in [3.63, 3.8) is 0 Å². The molecular formula is C7H3BrF2N2O. The van der Waals surface area contributed by atoms with Gasteiger partial charge in [0.05, 0.1) is 10.2 Å². The number of nitrogens with zero attached hydrogens (tertiary/aromatic N) is 1. The van der Waals surface area contributed by atoms with Gasteiger partial charge >= 0.3 is 0 Å². The minimum atomic E-state index is -2.90. The van der Waals surface area contributed by atoms with Crippen molar-refractivity contribution in [3.8, 4) is 6.07 Å². The van der Waals surface area contributed by atoms with Gasteiger partial charge in [-0.1, -0.05) is 0 Å². The Hall–Kier alpha value is -1.22. The first-order chi connectivity index (χ1) is 6.07. The third-order valence-electron chi connectivity index (χ3n) is 1.41. The molecule has 1 aromatic heterocycles. The molecule has 6 heteroatoms. The smallest absolute Gasteiger partial charge is 0.270 e. The summed E-state index contributed by atoms with van der Waals surface area (Å²) in [7, 11) is 0. The Bertz CT molecular complexity index is 421. The van der Waals surface area contributed by atoms with Gasteiger partial charge in [0.15, 0.2) is 0 Å². The van der Waals surface area contributed by atoms with Crippen LogP contribution in [0.4, 0.5) is 8.78 Å². The molecule has 0 aliphatic carbocycles. The summed E-state index contributed by atoms with van der Waals surface area (Å²) >= 11 is 2.77. The average molecular weight is 249 g/mol. The number of aromatic nitrogens is 1. The zero-order chi connectivity index (χ0) is 10.0. The monoisotopic (exact) mass is 248 g/mol. The summed E-state index contributed by atoms with van der Waals surface area (Å²) in [5.41, 5.74) is -1.97. The highest BCUT2D eigenvalue weighted by atomic mass is 79.9. The molecule has 0 bridgehead atoms. The first kappa shape index (κ1) is 9.86. The van der Waals surface area contributed by atoms with Crippen LogP contribution in [0.25, 0.3) is 0 Å². The number of nitriles is 1. The molecule has 1 aromatic rings. The molecule has 0 aliphatic heterocycles. The molecule has 0 atom stereocenters. The molecule has 0 aromatic carbocycles. The van der Waals surface area contributed by atoms with Crippen LogP contribution in [0, 0.1) is 11.3 Å². The van der Waals surface area contributed by atoms with Gasteiger partial charge in [0, 0.05) is 6.20 Å². The van der Waals surface area contributed by atoms with Gasteiger partial charge in [0.25, 0.3) is 6.43 Å². The van der Waals surface area contributed by atoms with Gasteiger partial charge in [-0.25, -0.2) is 8.78 Å². The van der Waals surface area contributed by atoms with Crippen molar-refractivity contribution in [2.45, 2.75) is 6.43 Å². The molecule has 13 heavy (non-hydrogen) atoms. The lowest BCUT2D eigenvalue weighted by Gasteiger charge is -2.01. The Kier molecular flexibility index (Phi) is 2.78. The standard InChI is InChI=1S/C7H3BrF2N2O/c8-6-4(7(9)10)5(13)3(1-11)2-12-6/h2,7H,(H,12,13). The molecule has 0 radical (unpaired) electrons. The van der Waals surface area contributed by atoms with Gasteiger partial charge in [-0.05, 0) is 15.9 Å². The Morgan fingerprint density at radius 3 is 2.69 bits per heavy atom. The quantitative estimate of drug-likeness (QED) is 0.773. The van der Waals surface area contributed by atoms with Crippen LogP contribution in [0.2, 0.25) is 0 Å². The lowest BCUT2D eigenvalue weighted by Crippen LogP contribution is -2.14. The van der Waals surface area contributed by atoms with Crippen LogP contribution in [0.1, 0.15) is 17.6 Å². The fourth-order valence-electron chi connectivity index (χ4n) is 0.802. The number of H-pyrrole nitrogens is 1. The van der Waals surface area contributed by atoms with Gasteiger partial charge in [-0.3, -0.25) is 4.79 Å². The third kappa shape index (κ3) is 1.75. The maximum Gasteiger partial charge on any atom is 0.270 e. The molecule has 1 N–H and O–H groups in total. The second kappa shape index (κ2) is 3.66. The fraction of sp³-hybridized carbons (Fsp3) is 0.143. The summed E-state index contributed by atoms with van der Waals surface area (Å²) in [5.74, 6) is 0. The van der Waals surface area contributed by atoms with Crippen molar-refractivity contribution >= 4 is 15.9 Å². The summed E-state index contributed by atoms with van der Waals surface area (Å²) in [5, 5.41) is 8.39. The van der Waals surface area contributed by atoms with E-state index in [2.05, 4.69) is 20.9 Å². The highest BCUT2D eigenvalue weighted by molar-refractivity contribution is 9.10. The van der Waals surface area contributed by atoms with Crippen molar-refractivity contribution in [2.24, 2.45) is 0 Å². The molecule has 0 spiro atoms. The number of pyridine rings is 1. The maximum absolute atomic E-state index is 12.2. The zero-order valence-corrected chi connectivity index (χ0v) is 7.73. The van der Waals surface area contributed by atoms with Gasteiger partial charge in [-0.15, -0.1) is 0 Å². The molecule has 0 unspecified atom stereocenters. The molecule has 68 valence electrons. The van der Waals surface area contributed by atoms with E-state index in [-0.39, 0.29) is 10.2 Å². The Morgan fingerprint density at radius 1 is 1.62 bits per heavy atom. The first-order valence-corrected chi connectivity index (χ1v) is 3.96. The molecule has 0 amide bonds. The molecule has 1 heterocycles. The summed E-state index contributed by atoms with van der Waals surface area (Å²) in [6, 6.07) is 1.52. The van der Waals surface area contributed by atoms with Crippen LogP contribution in [0.15, 0.2) is 15.6 Å². The van der Waals surface area contributed by atoms with Crippen molar-refractivity contribution in [3.05, 3.63) is 32.2 Å². The minimum Gasteiger partial charge on any atom is -0.354 e. The molecule has 3 nitrogen and oxygen atoms in total. The van der Waals surface area contributed by atoms with Crippen LogP contribution < -0.4 is 5.43 Å². The van der Waals surface area contributed by atoms with Crippen LogP contribution in [0.3, 0.4) is 0 Å². The lowest BCUT2D eigenvalue weighted by atomic mass is 10.2. The Labute approximate surface area is 80.1 Å². The van der Waals surface area contributed by atoms with Crippen LogP contribution in [-0.4, -0.2) is 4.98 Å². The highest BCUT2D eigenvalue weighted by Gasteiger charge is 2.18. The van der Waals surface area contributed by atoms with E-state index in [4.69, 9.17) is 5.26 Å². The number of halogens is 3. The minimum absolute atomic E-state index is 0.0912. The summed E-state index contributed by atoms with van der Waals surface area (Å²) < 4.78 is 24.4. The second-order valence-corrected chi connectivity index (χ2v) is 2.96. The lowest BCUT2D eigenvalue weighted by molar-refractivity contribution is 0.148. The molecule has 0 saturated carbocycles. The van der Waals surface area contributed by atoms with Gasteiger partial charge in [-0.2, -0.15) is 5.26 Å². The van der Waals surface area contributed by atoms with Crippen molar-refractivity contribution < 1.29 is 8.78 Å². The van der Waals surface area contributed by atoms with E-state index in [0.29, 0.717) is 0 Å². The van der Waals surface area contributed by atoms with Crippen LogP contribution in [-0.2, 0) is 0 Å². The van der Waals surface area contributed by atoms with Gasteiger partial charge in [0.2, 0.25) is 5.43 Å². The van der Waals surface area contributed by atoms with E-state index >= 15 is 0 Å². The van der Waals surface area contributed by atoms with Crippen molar-refractivity contribution in [2.75, 3.05) is 0 Å². The summed E-state index contributed by atoms with van der Waals surface area (Å²) in [6.07, 6.45) is -1.82. The van der Waals surface area contributed by atoms with E-state index in [9.17, 15) is 13.6 Å².